The van der Waals surface area contributed by atoms with Crippen LogP contribution >= 0.6 is 23.1 Å². The van der Waals surface area contributed by atoms with Crippen LogP contribution in [-0.2, 0) is 12.2 Å². The molecule has 3 aromatic heterocycles. The minimum Gasteiger partial charge on any atom is -0.481 e. The fourth-order valence-electron chi connectivity index (χ4n) is 2.25. The van der Waals surface area contributed by atoms with E-state index in [0.29, 0.717) is 24.5 Å². The van der Waals surface area contributed by atoms with Crippen LogP contribution in [0.3, 0.4) is 0 Å². The summed E-state index contributed by atoms with van der Waals surface area (Å²) >= 11 is 3.42. The molecule has 0 saturated carbocycles. The van der Waals surface area contributed by atoms with E-state index >= 15 is 0 Å². The molecule has 3 rings (SSSR count). The minimum absolute atomic E-state index is 0.302. The molecule has 0 spiro atoms. The van der Waals surface area contributed by atoms with E-state index in [4.69, 9.17) is 4.74 Å². The summed E-state index contributed by atoms with van der Waals surface area (Å²) in [5, 5.41) is 13.2. The van der Waals surface area contributed by atoms with Crippen molar-refractivity contribution in [3.05, 3.63) is 64.1 Å². The van der Waals surface area contributed by atoms with E-state index in [9.17, 15) is 5.21 Å². The zero-order chi connectivity index (χ0) is 18.2. The zero-order valence-corrected chi connectivity index (χ0v) is 15.9. The van der Waals surface area contributed by atoms with Crippen molar-refractivity contribution in [2.45, 2.75) is 12.2 Å². The molecule has 0 aliphatic carbocycles. The molecule has 136 valence electrons. The second-order valence-electron chi connectivity index (χ2n) is 5.35. The lowest BCUT2D eigenvalue weighted by Gasteiger charge is -2.05. The molecule has 1 N–H and O–H groups in total. The summed E-state index contributed by atoms with van der Waals surface area (Å²) in [4.78, 5) is 16.9. The topological polar surface area (TPSA) is 85.4 Å². The molecule has 3 heterocycles. The first-order valence-electron chi connectivity index (χ1n) is 7.97. The SMILES string of the molecule is COc1cc(Cc2cnc(=NCCSCc3nccs3)n(O)c2)ccn1. The van der Waals surface area contributed by atoms with Crippen molar-refractivity contribution < 1.29 is 9.94 Å². The van der Waals surface area contributed by atoms with E-state index in [-0.39, 0.29) is 0 Å². The maximum Gasteiger partial charge on any atom is 0.258 e. The van der Waals surface area contributed by atoms with Gasteiger partial charge in [-0.2, -0.15) is 16.5 Å². The largest absolute Gasteiger partial charge is 0.481 e. The first-order valence-corrected chi connectivity index (χ1v) is 10.0. The zero-order valence-electron chi connectivity index (χ0n) is 14.3. The fraction of sp³-hybridized carbons (Fsp3) is 0.294. The normalized spacial score (nSPS) is 11.7. The number of hydrogen-bond acceptors (Lipinski definition) is 8. The molecule has 9 heteroatoms. The van der Waals surface area contributed by atoms with Crippen molar-refractivity contribution in [2.75, 3.05) is 19.4 Å². The molecular weight excluding hydrogens is 370 g/mol. The first-order chi connectivity index (χ1) is 12.7. The van der Waals surface area contributed by atoms with Crippen LogP contribution in [0.1, 0.15) is 16.1 Å². The number of aromatic nitrogens is 4. The summed E-state index contributed by atoms with van der Waals surface area (Å²) in [6, 6.07) is 3.77. The number of ether oxygens (including phenoxy) is 1. The van der Waals surface area contributed by atoms with Crippen LogP contribution in [0, 0.1) is 0 Å². The molecule has 3 aromatic rings. The summed E-state index contributed by atoms with van der Waals surface area (Å²) in [7, 11) is 1.58. The Bertz CT molecular complexity index is 896. The van der Waals surface area contributed by atoms with E-state index in [2.05, 4.69) is 19.9 Å². The molecule has 0 saturated heterocycles. The van der Waals surface area contributed by atoms with Crippen molar-refractivity contribution in [3.8, 4) is 5.88 Å². The Morgan fingerprint density at radius 1 is 1.27 bits per heavy atom. The molecular formula is C17H19N5O2S2. The molecule has 0 bridgehead atoms. The van der Waals surface area contributed by atoms with Crippen LogP contribution < -0.4 is 10.4 Å². The predicted molar refractivity (Wildman–Crippen MR) is 102 cm³/mol. The van der Waals surface area contributed by atoms with Crippen LogP contribution in [0.25, 0.3) is 0 Å². The third-order valence-electron chi connectivity index (χ3n) is 3.45. The van der Waals surface area contributed by atoms with Gasteiger partial charge in [0.25, 0.3) is 5.62 Å². The van der Waals surface area contributed by atoms with Gasteiger partial charge < -0.3 is 9.94 Å². The van der Waals surface area contributed by atoms with Gasteiger partial charge in [0.15, 0.2) is 0 Å². The van der Waals surface area contributed by atoms with Crippen molar-refractivity contribution in [1.29, 1.82) is 0 Å². The molecule has 0 fully saturated rings. The molecule has 0 aliphatic heterocycles. The smallest absolute Gasteiger partial charge is 0.258 e. The fourth-order valence-corrected chi connectivity index (χ4v) is 3.79. The number of rotatable bonds is 8. The first kappa shape index (κ1) is 18.4. The quantitative estimate of drug-likeness (QED) is 0.470. The summed E-state index contributed by atoms with van der Waals surface area (Å²) < 4.78 is 6.09. The lowest BCUT2D eigenvalue weighted by atomic mass is 10.1. The lowest BCUT2D eigenvalue weighted by molar-refractivity contribution is 0.165. The summed E-state index contributed by atoms with van der Waals surface area (Å²) in [5.74, 6) is 2.29. The number of pyridine rings is 1. The monoisotopic (exact) mass is 389 g/mol. The van der Waals surface area contributed by atoms with Crippen LogP contribution in [0.4, 0.5) is 0 Å². The van der Waals surface area contributed by atoms with Gasteiger partial charge in [0.2, 0.25) is 5.88 Å². The molecule has 0 atom stereocenters. The number of nitrogens with zero attached hydrogens (tertiary/aromatic N) is 5. The molecule has 7 nitrogen and oxygen atoms in total. The van der Waals surface area contributed by atoms with Gasteiger partial charge in [-0.3, -0.25) is 0 Å². The standard InChI is InChI=1S/C17H19N5O2S2/c1-24-15-9-13(2-3-18-15)8-14-10-21-17(22(23)11-14)20-4-6-25-12-16-19-5-7-26-16/h2-3,5,7,9-11,23H,4,6,8,12H2,1H3. The van der Waals surface area contributed by atoms with Crippen molar-refractivity contribution in [1.82, 2.24) is 19.7 Å². The van der Waals surface area contributed by atoms with E-state index in [1.165, 1.54) is 0 Å². The number of methoxy groups -OCH3 is 1. The highest BCUT2D eigenvalue weighted by Crippen LogP contribution is 2.14. The van der Waals surface area contributed by atoms with Crippen molar-refractivity contribution >= 4 is 23.1 Å². The molecule has 0 aromatic carbocycles. The molecule has 26 heavy (non-hydrogen) atoms. The highest BCUT2D eigenvalue weighted by Gasteiger charge is 2.02. The Labute approximate surface area is 159 Å². The van der Waals surface area contributed by atoms with Gasteiger partial charge in [-0.25, -0.2) is 19.9 Å². The van der Waals surface area contributed by atoms with E-state index in [1.807, 2.05) is 23.7 Å². The molecule has 0 aliphatic rings. The average molecular weight is 390 g/mol. The highest BCUT2D eigenvalue weighted by atomic mass is 32.2. The van der Waals surface area contributed by atoms with Crippen molar-refractivity contribution in [3.63, 3.8) is 0 Å². The predicted octanol–water partition coefficient (Wildman–Crippen LogP) is 2.41. The van der Waals surface area contributed by atoms with E-state index in [0.717, 1.165) is 32.4 Å². The highest BCUT2D eigenvalue weighted by molar-refractivity contribution is 7.98. The Kier molecular flexibility index (Phi) is 6.62. The van der Waals surface area contributed by atoms with Gasteiger partial charge >= 0.3 is 0 Å². The Morgan fingerprint density at radius 2 is 2.19 bits per heavy atom. The van der Waals surface area contributed by atoms with Crippen LogP contribution in [0.5, 0.6) is 5.88 Å². The summed E-state index contributed by atoms with van der Waals surface area (Å²) in [5.41, 5.74) is 2.20. The number of thioether (sulfide) groups is 1. The van der Waals surface area contributed by atoms with E-state index < -0.39 is 0 Å². The Hall–Kier alpha value is -2.39. The van der Waals surface area contributed by atoms with Gasteiger partial charge in [-0.1, -0.05) is 0 Å². The van der Waals surface area contributed by atoms with Gasteiger partial charge in [-0.15, -0.1) is 11.3 Å². The second kappa shape index (κ2) is 9.35. The summed E-state index contributed by atoms with van der Waals surface area (Å²) in [6.45, 7) is 0.588. The van der Waals surface area contributed by atoms with Crippen LogP contribution in [0.2, 0.25) is 0 Å². The third-order valence-corrected chi connectivity index (χ3v) is 5.36. The Morgan fingerprint density at radius 3 is 2.96 bits per heavy atom. The summed E-state index contributed by atoms with van der Waals surface area (Å²) in [6.07, 6.45) is 7.48. The van der Waals surface area contributed by atoms with Gasteiger partial charge in [0, 0.05) is 48.0 Å². The second-order valence-corrected chi connectivity index (χ2v) is 7.43. The van der Waals surface area contributed by atoms with Crippen LogP contribution in [0.15, 0.2) is 47.3 Å². The van der Waals surface area contributed by atoms with Gasteiger partial charge in [-0.05, 0) is 17.2 Å². The van der Waals surface area contributed by atoms with Gasteiger partial charge in [0.1, 0.15) is 5.01 Å². The number of hydrogen-bond donors (Lipinski definition) is 1. The maximum absolute atomic E-state index is 10.1. The minimum atomic E-state index is 0.302. The maximum atomic E-state index is 10.1. The van der Waals surface area contributed by atoms with E-state index in [1.54, 1.807) is 48.8 Å². The average Bonchev–Trinajstić information content (AvgIpc) is 3.17. The number of thiazole rings is 1. The van der Waals surface area contributed by atoms with Crippen LogP contribution in [-0.4, -0.2) is 44.3 Å². The third kappa shape index (κ3) is 5.30. The Balaban J connectivity index is 1.56. The molecule has 0 unspecified atom stereocenters. The van der Waals surface area contributed by atoms with Crippen molar-refractivity contribution in [2.24, 2.45) is 4.99 Å². The van der Waals surface area contributed by atoms with Gasteiger partial charge in [0.05, 0.1) is 19.9 Å². The molecule has 0 amide bonds. The lowest BCUT2D eigenvalue weighted by Crippen LogP contribution is -2.23. The molecule has 0 radical (unpaired) electrons.